The second-order valence-corrected chi connectivity index (χ2v) is 5.70. The highest BCUT2D eigenvalue weighted by Gasteiger charge is 2.09. The SMILES string of the molecule is O=C(CCc1ccccn1)Cc1csc2ccccc12. The van der Waals surface area contributed by atoms with E-state index in [1.807, 2.05) is 30.3 Å². The molecule has 0 amide bonds. The molecule has 0 saturated heterocycles. The lowest BCUT2D eigenvalue weighted by Crippen LogP contribution is -2.04. The lowest BCUT2D eigenvalue weighted by atomic mass is 10.0. The number of pyridine rings is 1. The summed E-state index contributed by atoms with van der Waals surface area (Å²) in [7, 11) is 0. The highest BCUT2D eigenvalue weighted by Crippen LogP contribution is 2.26. The first-order valence-electron chi connectivity index (χ1n) is 6.69. The first-order chi connectivity index (χ1) is 9.83. The molecule has 3 rings (SSSR count). The van der Waals surface area contributed by atoms with E-state index in [0.29, 0.717) is 12.8 Å². The van der Waals surface area contributed by atoms with Crippen LogP contribution >= 0.6 is 11.3 Å². The molecule has 0 fully saturated rings. The highest BCUT2D eigenvalue weighted by molar-refractivity contribution is 7.17. The van der Waals surface area contributed by atoms with E-state index < -0.39 is 0 Å². The van der Waals surface area contributed by atoms with Gasteiger partial charge >= 0.3 is 0 Å². The maximum absolute atomic E-state index is 12.1. The smallest absolute Gasteiger partial charge is 0.137 e. The fraction of sp³-hybridized carbons (Fsp3) is 0.176. The number of fused-ring (bicyclic) bond motifs is 1. The molecule has 2 heterocycles. The molecule has 0 aliphatic rings. The minimum absolute atomic E-state index is 0.277. The second-order valence-electron chi connectivity index (χ2n) is 4.79. The fourth-order valence-corrected chi connectivity index (χ4v) is 3.25. The molecule has 0 radical (unpaired) electrons. The Bertz CT molecular complexity index is 718. The number of nitrogens with zero attached hydrogens (tertiary/aromatic N) is 1. The van der Waals surface area contributed by atoms with Crippen LogP contribution in [0.1, 0.15) is 17.7 Å². The standard InChI is InChI=1S/C17H15NOS/c19-15(9-8-14-5-3-4-10-18-14)11-13-12-20-17-7-2-1-6-16(13)17/h1-7,10,12H,8-9,11H2. The third-order valence-corrected chi connectivity index (χ3v) is 4.35. The number of aromatic nitrogens is 1. The number of carbonyl (C=O) groups excluding carboxylic acids is 1. The van der Waals surface area contributed by atoms with Crippen LogP contribution in [-0.4, -0.2) is 10.8 Å². The van der Waals surface area contributed by atoms with Crippen molar-refractivity contribution in [3.63, 3.8) is 0 Å². The zero-order valence-electron chi connectivity index (χ0n) is 11.1. The summed E-state index contributed by atoms with van der Waals surface area (Å²) in [6.45, 7) is 0. The van der Waals surface area contributed by atoms with Crippen LogP contribution in [0.5, 0.6) is 0 Å². The Balaban J connectivity index is 1.64. The molecule has 0 N–H and O–H groups in total. The molecule has 2 nitrogen and oxygen atoms in total. The minimum atomic E-state index is 0.277. The van der Waals surface area contributed by atoms with Crippen LogP contribution in [-0.2, 0) is 17.6 Å². The summed E-state index contributed by atoms with van der Waals surface area (Å²) in [5, 5.41) is 3.31. The van der Waals surface area contributed by atoms with Gasteiger partial charge in [-0.05, 0) is 40.9 Å². The van der Waals surface area contributed by atoms with Gasteiger partial charge in [-0.3, -0.25) is 9.78 Å². The maximum atomic E-state index is 12.1. The van der Waals surface area contributed by atoms with Crippen molar-refractivity contribution >= 4 is 27.2 Å². The molecular formula is C17H15NOS. The molecule has 0 aliphatic carbocycles. The molecule has 1 aromatic carbocycles. The molecule has 0 atom stereocenters. The molecule has 3 aromatic rings. The van der Waals surface area contributed by atoms with E-state index >= 15 is 0 Å². The summed E-state index contributed by atoms with van der Waals surface area (Å²) < 4.78 is 1.25. The van der Waals surface area contributed by atoms with Gasteiger partial charge in [0, 0.05) is 29.4 Å². The third-order valence-electron chi connectivity index (χ3n) is 3.33. The van der Waals surface area contributed by atoms with Gasteiger partial charge in [-0.15, -0.1) is 11.3 Å². The topological polar surface area (TPSA) is 30.0 Å². The van der Waals surface area contributed by atoms with Crippen LogP contribution in [0.25, 0.3) is 10.1 Å². The van der Waals surface area contributed by atoms with E-state index in [9.17, 15) is 4.79 Å². The zero-order valence-corrected chi connectivity index (χ0v) is 11.9. The Hall–Kier alpha value is -2.00. The Morgan fingerprint density at radius 3 is 2.80 bits per heavy atom. The number of benzene rings is 1. The molecule has 20 heavy (non-hydrogen) atoms. The summed E-state index contributed by atoms with van der Waals surface area (Å²) in [6.07, 6.45) is 3.58. The predicted octanol–water partition coefficient (Wildman–Crippen LogP) is 4.04. The number of thiophene rings is 1. The van der Waals surface area contributed by atoms with Crippen LogP contribution in [0.4, 0.5) is 0 Å². The molecule has 3 heteroatoms. The molecule has 0 saturated carbocycles. The first kappa shape index (κ1) is 13.0. The van der Waals surface area contributed by atoms with Gasteiger partial charge in [0.25, 0.3) is 0 Å². The summed E-state index contributed by atoms with van der Waals surface area (Å²) >= 11 is 1.71. The lowest BCUT2D eigenvalue weighted by molar-refractivity contribution is -0.118. The summed E-state index contributed by atoms with van der Waals surface area (Å²) in [5.41, 5.74) is 2.13. The van der Waals surface area contributed by atoms with Crippen molar-refractivity contribution in [3.8, 4) is 0 Å². The Kier molecular flexibility index (Phi) is 3.88. The van der Waals surface area contributed by atoms with E-state index in [1.54, 1.807) is 17.5 Å². The van der Waals surface area contributed by atoms with Crippen molar-refractivity contribution in [2.75, 3.05) is 0 Å². The molecular weight excluding hydrogens is 266 g/mol. The van der Waals surface area contributed by atoms with Crippen LogP contribution < -0.4 is 0 Å². The number of hydrogen-bond donors (Lipinski definition) is 0. The predicted molar refractivity (Wildman–Crippen MR) is 83.1 cm³/mol. The molecule has 100 valence electrons. The second kappa shape index (κ2) is 5.97. The number of ketones is 1. The lowest BCUT2D eigenvalue weighted by Gasteiger charge is -2.01. The summed E-state index contributed by atoms with van der Waals surface area (Å²) in [4.78, 5) is 16.4. The minimum Gasteiger partial charge on any atom is -0.299 e. The van der Waals surface area contributed by atoms with Gasteiger partial charge in [-0.25, -0.2) is 0 Å². The highest BCUT2D eigenvalue weighted by atomic mass is 32.1. The number of Topliss-reactive ketones (excluding diaryl/α,β-unsaturated/α-hetero) is 1. The van der Waals surface area contributed by atoms with E-state index in [1.165, 1.54) is 10.1 Å². The Morgan fingerprint density at radius 2 is 1.95 bits per heavy atom. The summed E-state index contributed by atoms with van der Waals surface area (Å²) in [5.74, 6) is 0.277. The molecule has 0 unspecified atom stereocenters. The Labute approximate surface area is 122 Å². The van der Waals surface area contributed by atoms with Gasteiger partial charge in [-0.2, -0.15) is 0 Å². The number of hydrogen-bond acceptors (Lipinski definition) is 3. The van der Waals surface area contributed by atoms with Gasteiger partial charge in [0.05, 0.1) is 0 Å². The molecule has 0 aliphatic heterocycles. The van der Waals surface area contributed by atoms with E-state index in [4.69, 9.17) is 0 Å². The van der Waals surface area contributed by atoms with Crippen LogP contribution in [0.3, 0.4) is 0 Å². The van der Waals surface area contributed by atoms with Crippen molar-refractivity contribution < 1.29 is 4.79 Å². The van der Waals surface area contributed by atoms with Crippen LogP contribution in [0.2, 0.25) is 0 Å². The average molecular weight is 281 g/mol. The van der Waals surface area contributed by atoms with Crippen molar-refractivity contribution in [1.82, 2.24) is 4.98 Å². The quantitative estimate of drug-likeness (QED) is 0.706. The number of carbonyl (C=O) groups is 1. The van der Waals surface area contributed by atoms with Crippen molar-refractivity contribution in [1.29, 1.82) is 0 Å². The normalized spacial score (nSPS) is 10.8. The molecule has 0 spiro atoms. The van der Waals surface area contributed by atoms with Crippen LogP contribution in [0, 0.1) is 0 Å². The van der Waals surface area contributed by atoms with E-state index in [-0.39, 0.29) is 5.78 Å². The maximum Gasteiger partial charge on any atom is 0.137 e. The van der Waals surface area contributed by atoms with E-state index in [2.05, 4.69) is 22.5 Å². The number of aryl methyl sites for hydroxylation is 1. The average Bonchev–Trinajstić information content (AvgIpc) is 2.90. The third kappa shape index (κ3) is 2.94. The van der Waals surface area contributed by atoms with E-state index in [0.717, 1.165) is 17.7 Å². The van der Waals surface area contributed by atoms with Gasteiger partial charge in [-0.1, -0.05) is 24.3 Å². The fourth-order valence-electron chi connectivity index (χ4n) is 2.28. The van der Waals surface area contributed by atoms with Gasteiger partial charge in [0.1, 0.15) is 5.78 Å². The largest absolute Gasteiger partial charge is 0.299 e. The van der Waals surface area contributed by atoms with Gasteiger partial charge in [0.15, 0.2) is 0 Å². The monoisotopic (exact) mass is 281 g/mol. The zero-order chi connectivity index (χ0) is 13.8. The van der Waals surface area contributed by atoms with Crippen LogP contribution in [0.15, 0.2) is 54.0 Å². The summed E-state index contributed by atoms with van der Waals surface area (Å²) in [6, 6.07) is 14.1. The van der Waals surface area contributed by atoms with Gasteiger partial charge in [0.2, 0.25) is 0 Å². The van der Waals surface area contributed by atoms with Crippen molar-refractivity contribution in [3.05, 3.63) is 65.3 Å². The molecule has 0 bridgehead atoms. The number of rotatable bonds is 5. The first-order valence-corrected chi connectivity index (χ1v) is 7.57. The molecule has 2 aromatic heterocycles. The van der Waals surface area contributed by atoms with Gasteiger partial charge < -0.3 is 0 Å². The van der Waals surface area contributed by atoms with Crippen molar-refractivity contribution in [2.45, 2.75) is 19.3 Å². The Morgan fingerprint density at radius 1 is 1.10 bits per heavy atom. The van der Waals surface area contributed by atoms with Crippen molar-refractivity contribution in [2.24, 2.45) is 0 Å².